The van der Waals surface area contributed by atoms with Gasteiger partial charge < -0.3 is 20.3 Å². The molecule has 184 valence electrons. The van der Waals surface area contributed by atoms with Crippen molar-refractivity contribution in [3.8, 4) is 0 Å². The summed E-state index contributed by atoms with van der Waals surface area (Å²) in [4.78, 5) is 33.1. The molecular weight excluding hydrogens is 458 g/mol. The highest BCUT2D eigenvalue weighted by atomic mass is 32.2. The third-order valence-electron chi connectivity index (χ3n) is 5.23. The van der Waals surface area contributed by atoms with Crippen molar-refractivity contribution in [3.63, 3.8) is 0 Å². The summed E-state index contributed by atoms with van der Waals surface area (Å²) in [6.45, 7) is 4.46. The topological polar surface area (TPSA) is 176 Å². The number of nitro groups is 1. The fourth-order valence-corrected chi connectivity index (χ4v) is 5.11. The van der Waals surface area contributed by atoms with Crippen LogP contribution in [0.15, 0.2) is 29.2 Å². The maximum Gasteiger partial charge on any atom is 0.421 e. The molecule has 1 fully saturated rings. The van der Waals surface area contributed by atoms with Gasteiger partial charge in [-0.2, -0.15) is 4.31 Å². The Hall–Kier alpha value is -2.93. The van der Waals surface area contributed by atoms with Crippen LogP contribution in [-0.4, -0.2) is 64.3 Å². The number of carbonyl (C=O) groups excluding carboxylic acids is 1. The number of rotatable bonds is 7. The van der Waals surface area contributed by atoms with Crippen molar-refractivity contribution in [2.75, 3.05) is 6.54 Å². The van der Waals surface area contributed by atoms with Crippen molar-refractivity contribution in [2.24, 2.45) is 5.92 Å². The molecule has 33 heavy (non-hydrogen) atoms. The van der Waals surface area contributed by atoms with Crippen LogP contribution in [0.1, 0.15) is 46.5 Å². The summed E-state index contributed by atoms with van der Waals surface area (Å²) in [5.74, 6) is -0.413. The molecule has 0 aromatic heterocycles. The van der Waals surface area contributed by atoms with Gasteiger partial charge in [0.1, 0.15) is 5.60 Å². The van der Waals surface area contributed by atoms with Crippen LogP contribution in [0.25, 0.3) is 0 Å². The molecule has 1 unspecified atom stereocenters. The third-order valence-corrected chi connectivity index (χ3v) is 7.02. The molecule has 0 spiro atoms. The van der Waals surface area contributed by atoms with E-state index in [4.69, 9.17) is 4.74 Å². The number of hydrogen-bond acceptors (Lipinski definition) is 8. The molecule has 1 aromatic rings. The molecule has 1 aliphatic carbocycles. The normalized spacial score (nSPS) is 19.9. The minimum Gasteiger partial charge on any atom is -0.464 e. The third kappa shape index (κ3) is 7.02. The summed E-state index contributed by atoms with van der Waals surface area (Å²) in [5, 5.41) is 34.0. The minimum atomic E-state index is -4.80. The average Bonchev–Trinajstić information content (AvgIpc) is 2.70. The Labute approximate surface area is 191 Å². The first kappa shape index (κ1) is 26.3. The quantitative estimate of drug-likeness (QED) is 0.385. The Balaban J connectivity index is 2.06. The van der Waals surface area contributed by atoms with Gasteiger partial charge in [0.15, 0.2) is 4.90 Å². The number of amides is 2. The first-order valence-electron chi connectivity index (χ1n) is 10.4. The first-order valence-corrected chi connectivity index (χ1v) is 11.8. The predicted molar refractivity (Wildman–Crippen MR) is 116 cm³/mol. The van der Waals surface area contributed by atoms with Crippen LogP contribution in [0.3, 0.4) is 0 Å². The smallest absolute Gasteiger partial charge is 0.421 e. The fraction of sp³-hybridized carbons (Fsp3) is 0.600. The maximum absolute atomic E-state index is 12.9. The number of ether oxygens (including phenoxy) is 1. The highest BCUT2D eigenvalue weighted by molar-refractivity contribution is 7.89. The molecule has 0 saturated heterocycles. The van der Waals surface area contributed by atoms with Gasteiger partial charge in [-0.3, -0.25) is 10.1 Å². The zero-order chi connectivity index (χ0) is 25.0. The van der Waals surface area contributed by atoms with Gasteiger partial charge in [0.2, 0.25) is 0 Å². The molecule has 2 rings (SSSR count). The monoisotopic (exact) mass is 487 g/mol. The Kier molecular flexibility index (Phi) is 8.25. The molecule has 2 amide bonds. The van der Waals surface area contributed by atoms with E-state index in [0.29, 0.717) is 25.7 Å². The molecule has 0 bridgehead atoms. The van der Waals surface area contributed by atoms with Crippen LogP contribution in [0.4, 0.5) is 15.3 Å². The van der Waals surface area contributed by atoms with Crippen molar-refractivity contribution in [1.29, 1.82) is 0 Å². The number of nitrogens with zero attached hydrogens (tertiary/aromatic N) is 2. The van der Waals surface area contributed by atoms with Crippen molar-refractivity contribution in [3.05, 3.63) is 34.4 Å². The van der Waals surface area contributed by atoms with E-state index in [-0.39, 0.29) is 10.3 Å². The Bertz CT molecular complexity index is 983. The maximum atomic E-state index is 12.9. The number of aliphatic hydroxyl groups excluding tert-OH is 1. The van der Waals surface area contributed by atoms with Gasteiger partial charge >= 0.3 is 12.2 Å². The lowest BCUT2D eigenvalue weighted by Gasteiger charge is -2.33. The number of benzene rings is 1. The number of nitro benzene ring substituents is 1. The zero-order valence-electron chi connectivity index (χ0n) is 18.6. The van der Waals surface area contributed by atoms with Gasteiger partial charge in [-0.15, -0.1) is 0 Å². The zero-order valence-corrected chi connectivity index (χ0v) is 19.4. The molecule has 1 aliphatic rings. The summed E-state index contributed by atoms with van der Waals surface area (Å²) in [6, 6.07) is 4.23. The standard InChI is InChI=1S/C20H29N3O9S/c1-20(2,3)32-18(25)21-14-10-8-13(9-11-14)16(24)12-22(19(26)27)33(30,31)17-7-5-4-6-15(17)23(28)29/h4-7,13-14,16,24H,8-12H2,1-3H3,(H,21,25)(H,26,27). The number of sulfonamides is 1. The largest absolute Gasteiger partial charge is 0.464 e. The molecule has 1 atom stereocenters. The first-order chi connectivity index (χ1) is 15.2. The van der Waals surface area contributed by atoms with Crippen LogP contribution in [0.2, 0.25) is 0 Å². The number of carbonyl (C=O) groups is 2. The van der Waals surface area contributed by atoms with Gasteiger partial charge in [0.05, 0.1) is 17.6 Å². The number of nitrogens with one attached hydrogen (secondary N) is 1. The predicted octanol–water partition coefficient (Wildman–Crippen LogP) is 2.71. The Morgan fingerprint density at radius 3 is 2.33 bits per heavy atom. The molecule has 0 aliphatic heterocycles. The summed E-state index contributed by atoms with van der Waals surface area (Å²) in [6.07, 6.45) is -1.91. The van der Waals surface area contributed by atoms with E-state index in [0.717, 1.165) is 12.1 Å². The summed E-state index contributed by atoms with van der Waals surface area (Å²) in [7, 11) is -4.80. The average molecular weight is 488 g/mol. The van der Waals surface area contributed by atoms with Gasteiger partial charge in [-0.1, -0.05) is 12.1 Å². The minimum absolute atomic E-state index is 0.0328. The van der Waals surface area contributed by atoms with Crippen molar-refractivity contribution >= 4 is 27.9 Å². The number of aliphatic hydroxyl groups is 1. The van der Waals surface area contributed by atoms with Crippen LogP contribution in [0, 0.1) is 16.0 Å². The number of hydrogen-bond donors (Lipinski definition) is 3. The van der Waals surface area contributed by atoms with Crippen molar-refractivity contribution in [1.82, 2.24) is 9.62 Å². The van der Waals surface area contributed by atoms with E-state index >= 15 is 0 Å². The van der Waals surface area contributed by atoms with Crippen LogP contribution in [-0.2, 0) is 14.8 Å². The second-order valence-electron chi connectivity index (χ2n) is 8.87. The fourth-order valence-electron chi connectivity index (χ4n) is 3.67. The van der Waals surface area contributed by atoms with Gasteiger partial charge in [0.25, 0.3) is 15.7 Å². The molecule has 13 heteroatoms. The summed E-state index contributed by atoms with van der Waals surface area (Å²) < 4.78 is 31.0. The van der Waals surface area contributed by atoms with E-state index in [1.807, 2.05) is 0 Å². The van der Waals surface area contributed by atoms with Gasteiger partial charge in [0, 0.05) is 12.1 Å². The highest BCUT2D eigenvalue weighted by Gasteiger charge is 2.38. The number of carboxylic acid groups (broad SMARTS) is 1. The molecule has 0 radical (unpaired) electrons. The van der Waals surface area contributed by atoms with Crippen molar-refractivity contribution < 1.29 is 37.9 Å². The molecule has 3 N–H and O–H groups in total. The molecular formula is C20H29N3O9S. The lowest BCUT2D eigenvalue weighted by Crippen LogP contribution is -2.46. The van der Waals surface area contributed by atoms with Gasteiger partial charge in [-0.05, 0) is 58.4 Å². The lowest BCUT2D eigenvalue weighted by molar-refractivity contribution is -0.387. The molecule has 12 nitrogen and oxygen atoms in total. The van der Waals surface area contributed by atoms with Crippen LogP contribution >= 0.6 is 0 Å². The van der Waals surface area contributed by atoms with Crippen molar-refractivity contribution in [2.45, 2.75) is 69.1 Å². The molecule has 0 heterocycles. The van der Waals surface area contributed by atoms with E-state index in [2.05, 4.69) is 5.32 Å². The Morgan fingerprint density at radius 1 is 1.24 bits per heavy atom. The molecule has 1 saturated carbocycles. The lowest BCUT2D eigenvalue weighted by atomic mass is 9.82. The van der Waals surface area contributed by atoms with E-state index in [1.54, 1.807) is 20.8 Å². The van der Waals surface area contributed by atoms with Gasteiger partial charge in [-0.25, -0.2) is 18.0 Å². The highest BCUT2D eigenvalue weighted by Crippen LogP contribution is 2.30. The number of para-hydroxylation sites is 1. The van der Waals surface area contributed by atoms with E-state index in [1.165, 1.54) is 12.1 Å². The second-order valence-corrected chi connectivity index (χ2v) is 10.7. The molecule has 1 aromatic carbocycles. The Morgan fingerprint density at radius 2 is 1.82 bits per heavy atom. The summed E-state index contributed by atoms with van der Waals surface area (Å²) in [5.41, 5.74) is -1.40. The number of alkyl carbamates (subject to hydrolysis) is 1. The van der Waals surface area contributed by atoms with E-state index < -0.39 is 61.9 Å². The van der Waals surface area contributed by atoms with Crippen LogP contribution in [0.5, 0.6) is 0 Å². The van der Waals surface area contributed by atoms with E-state index in [9.17, 15) is 38.3 Å². The van der Waals surface area contributed by atoms with Crippen LogP contribution < -0.4 is 5.32 Å². The SMILES string of the molecule is CC(C)(C)OC(=O)NC1CCC(C(O)CN(C(=O)O)S(=O)(=O)c2ccccc2[N+](=O)[O-])CC1. The summed E-state index contributed by atoms with van der Waals surface area (Å²) >= 11 is 0. The second kappa shape index (κ2) is 10.3.